The number of aryl methyl sites for hydroxylation is 1. The van der Waals surface area contributed by atoms with E-state index in [-0.39, 0.29) is 0 Å². The summed E-state index contributed by atoms with van der Waals surface area (Å²) in [4.78, 5) is 23.7. The van der Waals surface area contributed by atoms with Gasteiger partial charge in [0.2, 0.25) is 0 Å². The molecule has 6 heteroatoms. The highest BCUT2D eigenvalue weighted by molar-refractivity contribution is 9.10. The lowest BCUT2D eigenvalue weighted by Crippen LogP contribution is -2.29. The van der Waals surface area contributed by atoms with E-state index >= 15 is 0 Å². The molecule has 0 unspecified atom stereocenters. The van der Waals surface area contributed by atoms with Crippen molar-refractivity contribution in [2.75, 3.05) is 10.6 Å². The summed E-state index contributed by atoms with van der Waals surface area (Å²) in [6.45, 7) is 1.80. The number of anilines is 2. The predicted octanol–water partition coefficient (Wildman–Crippen LogP) is 3.99. The summed E-state index contributed by atoms with van der Waals surface area (Å²) in [6, 6.07) is 12.0. The highest BCUT2D eigenvalue weighted by atomic mass is 79.9. The van der Waals surface area contributed by atoms with E-state index in [0.29, 0.717) is 16.4 Å². The minimum atomic E-state index is -0.733. The van der Waals surface area contributed by atoms with E-state index in [1.165, 1.54) is 0 Å². The zero-order valence-electron chi connectivity index (χ0n) is 11.1. The Morgan fingerprint density at radius 2 is 1.62 bits per heavy atom. The van der Waals surface area contributed by atoms with E-state index < -0.39 is 11.8 Å². The Morgan fingerprint density at radius 3 is 2.24 bits per heavy atom. The molecule has 2 amide bonds. The Kier molecular flexibility index (Phi) is 4.98. The zero-order chi connectivity index (χ0) is 15.4. The molecule has 0 aliphatic rings. The molecule has 108 valence electrons. The molecule has 0 bridgehead atoms. The number of halogens is 2. The molecule has 2 rings (SSSR count). The van der Waals surface area contributed by atoms with Gasteiger partial charge in [-0.3, -0.25) is 9.59 Å². The van der Waals surface area contributed by atoms with Gasteiger partial charge < -0.3 is 10.6 Å². The number of rotatable bonds is 2. The van der Waals surface area contributed by atoms with Gasteiger partial charge in [0.05, 0.1) is 0 Å². The quantitative estimate of drug-likeness (QED) is 0.789. The van der Waals surface area contributed by atoms with Gasteiger partial charge in [0, 0.05) is 20.9 Å². The highest BCUT2D eigenvalue weighted by Crippen LogP contribution is 2.19. The van der Waals surface area contributed by atoms with Crippen molar-refractivity contribution in [2.45, 2.75) is 6.92 Å². The fourth-order valence-electron chi connectivity index (χ4n) is 1.67. The molecule has 0 radical (unpaired) electrons. The number of benzene rings is 2. The Bertz CT molecular complexity index is 687. The molecule has 2 N–H and O–H groups in total. The van der Waals surface area contributed by atoms with Crippen LogP contribution in [-0.2, 0) is 9.59 Å². The third-order valence-electron chi connectivity index (χ3n) is 2.74. The Labute approximate surface area is 135 Å². The van der Waals surface area contributed by atoms with Crippen LogP contribution in [0.4, 0.5) is 11.4 Å². The van der Waals surface area contributed by atoms with Gasteiger partial charge in [-0.25, -0.2) is 0 Å². The largest absolute Gasteiger partial charge is 0.318 e. The Morgan fingerprint density at radius 1 is 1.00 bits per heavy atom. The van der Waals surface area contributed by atoms with Gasteiger partial charge >= 0.3 is 11.8 Å². The SMILES string of the molecule is Cc1cc(Cl)ccc1NC(=O)C(=O)Nc1ccc(Br)cc1. The first-order chi connectivity index (χ1) is 9.95. The van der Waals surface area contributed by atoms with Gasteiger partial charge in [-0.05, 0) is 55.0 Å². The minimum absolute atomic E-state index is 0.547. The van der Waals surface area contributed by atoms with Gasteiger partial charge in [0.15, 0.2) is 0 Å². The van der Waals surface area contributed by atoms with Gasteiger partial charge in [0.1, 0.15) is 0 Å². The molecule has 4 nitrogen and oxygen atoms in total. The van der Waals surface area contributed by atoms with Crippen LogP contribution in [0.2, 0.25) is 5.02 Å². The van der Waals surface area contributed by atoms with Crippen LogP contribution in [0, 0.1) is 6.92 Å². The van der Waals surface area contributed by atoms with Gasteiger partial charge in [-0.1, -0.05) is 27.5 Å². The smallest absolute Gasteiger partial charge is 0.314 e. The number of hydrogen-bond acceptors (Lipinski definition) is 2. The maximum atomic E-state index is 11.9. The van der Waals surface area contributed by atoms with E-state index in [1.54, 1.807) is 49.4 Å². The first kappa shape index (κ1) is 15.5. The predicted molar refractivity (Wildman–Crippen MR) is 87.6 cm³/mol. The van der Waals surface area contributed by atoms with Crippen molar-refractivity contribution in [3.05, 3.63) is 57.5 Å². The molecule has 0 saturated carbocycles. The topological polar surface area (TPSA) is 58.2 Å². The van der Waals surface area contributed by atoms with E-state index in [2.05, 4.69) is 26.6 Å². The lowest BCUT2D eigenvalue weighted by Gasteiger charge is -2.09. The van der Waals surface area contributed by atoms with Gasteiger partial charge in [0.25, 0.3) is 0 Å². The number of amides is 2. The van der Waals surface area contributed by atoms with Crippen LogP contribution >= 0.6 is 27.5 Å². The fourth-order valence-corrected chi connectivity index (χ4v) is 2.16. The second-order valence-corrected chi connectivity index (χ2v) is 5.73. The van der Waals surface area contributed by atoms with Crippen molar-refractivity contribution in [1.29, 1.82) is 0 Å². The molecule has 2 aromatic carbocycles. The summed E-state index contributed by atoms with van der Waals surface area (Å²) < 4.78 is 0.890. The number of nitrogens with one attached hydrogen (secondary N) is 2. The van der Waals surface area contributed by atoms with Crippen molar-refractivity contribution < 1.29 is 9.59 Å². The standard InChI is InChI=1S/C15H12BrClN2O2/c1-9-8-11(17)4-7-13(9)19-15(21)14(20)18-12-5-2-10(16)3-6-12/h2-8H,1H3,(H,18,20)(H,19,21). The number of carbonyl (C=O) groups is 2. The van der Waals surface area contributed by atoms with Crippen LogP contribution in [-0.4, -0.2) is 11.8 Å². The summed E-state index contributed by atoms with van der Waals surface area (Å²) in [5.41, 5.74) is 1.88. The summed E-state index contributed by atoms with van der Waals surface area (Å²) >= 11 is 9.14. The molecule has 0 aliphatic carbocycles. The van der Waals surface area contributed by atoms with Crippen molar-refractivity contribution >= 4 is 50.7 Å². The second-order valence-electron chi connectivity index (χ2n) is 4.37. The molecule has 21 heavy (non-hydrogen) atoms. The highest BCUT2D eigenvalue weighted by Gasteiger charge is 2.15. The molecule has 2 aromatic rings. The summed E-state index contributed by atoms with van der Waals surface area (Å²) in [5.74, 6) is -1.46. The average molecular weight is 368 g/mol. The first-order valence-electron chi connectivity index (χ1n) is 6.10. The minimum Gasteiger partial charge on any atom is -0.318 e. The van der Waals surface area contributed by atoms with Crippen LogP contribution in [0.5, 0.6) is 0 Å². The molecule has 0 aliphatic heterocycles. The van der Waals surface area contributed by atoms with Crippen molar-refractivity contribution in [1.82, 2.24) is 0 Å². The lowest BCUT2D eigenvalue weighted by atomic mass is 10.2. The molecule has 0 heterocycles. The molecule has 0 aromatic heterocycles. The molecule has 0 atom stereocenters. The van der Waals surface area contributed by atoms with Crippen molar-refractivity contribution in [3.63, 3.8) is 0 Å². The lowest BCUT2D eigenvalue weighted by molar-refractivity contribution is -0.133. The summed E-state index contributed by atoms with van der Waals surface area (Å²) in [6.07, 6.45) is 0. The van der Waals surface area contributed by atoms with Crippen LogP contribution in [0.15, 0.2) is 46.9 Å². The summed E-state index contributed by atoms with van der Waals surface area (Å²) in [7, 11) is 0. The third-order valence-corrected chi connectivity index (χ3v) is 3.51. The maximum absolute atomic E-state index is 11.9. The van der Waals surface area contributed by atoms with Crippen molar-refractivity contribution in [3.8, 4) is 0 Å². The van der Waals surface area contributed by atoms with Gasteiger partial charge in [-0.2, -0.15) is 0 Å². The molecule has 0 fully saturated rings. The normalized spacial score (nSPS) is 10.0. The van der Waals surface area contributed by atoms with Crippen LogP contribution in [0.1, 0.15) is 5.56 Å². The van der Waals surface area contributed by atoms with Crippen LogP contribution < -0.4 is 10.6 Å². The Hall–Kier alpha value is -1.85. The average Bonchev–Trinajstić information content (AvgIpc) is 2.44. The third kappa shape index (κ3) is 4.31. The molecular formula is C15H12BrClN2O2. The van der Waals surface area contributed by atoms with Crippen LogP contribution in [0.3, 0.4) is 0 Å². The molecule has 0 spiro atoms. The maximum Gasteiger partial charge on any atom is 0.314 e. The molecule has 0 saturated heterocycles. The van der Waals surface area contributed by atoms with E-state index in [9.17, 15) is 9.59 Å². The van der Waals surface area contributed by atoms with E-state index in [1.807, 2.05) is 0 Å². The van der Waals surface area contributed by atoms with E-state index in [4.69, 9.17) is 11.6 Å². The zero-order valence-corrected chi connectivity index (χ0v) is 13.5. The van der Waals surface area contributed by atoms with Crippen LogP contribution in [0.25, 0.3) is 0 Å². The molecular weight excluding hydrogens is 356 g/mol. The number of carbonyl (C=O) groups excluding carboxylic acids is 2. The van der Waals surface area contributed by atoms with Crippen molar-refractivity contribution in [2.24, 2.45) is 0 Å². The van der Waals surface area contributed by atoms with Gasteiger partial charge in [-0.15, -0.1) is 0 Å². The fraction of sp³-hybridized carbons (Fsp3) is 0.0667. The number of hydrogen-bond donors (Lipinski definition) is 2. The second kappa shape index (κ2) is 6.74. The first-order valence-corrected chi connectivity index (χ1v) is 7.27. The Balaban J connectivity index is 2.02. The monoisotopic (exact) mass is 366 g/mol. The summed E-state index contributed by atoms with van der Waals surface area (Å²) in [5, 5.41) is 5.65. The van der Waals surface area contributed by atoms with E-state index in [0.717, 1.165) is 10.0 Å².